The highest BCUT2D eigenvalue weighted by atomic mass is 79.9. The molecule has 2 atom stereocenters. The molecule has 1 fully saturated rings. The standard InChI is InChI=1S/C11H14BrN/c1-8-5-11(13-7-8)9-3-2-4-10(12)6-9/h2-4,6,8,11,13H,5,7H2,1H3/t8-,11-/m0/s1. The van der Waals surface area contributed by atoms with E-state index in [4.69, 9.17) is 0 Å². The highest BCUT2D eigenvalue weighted by molar-refractivity contribution is 9.10. The zero-order chi connectivity index (χ0) is 9.26. The van der Waals surface area contributed by atoms with E-state index in [0.717, 1.165) is 12.5 Å². The van der Waals surface area contributed by atoms with Crippen molar-refractivity contribution in [3.05, 3.63) is 34.3 Å². The quantitative estimate of drug-likeness (QED) is 0.795. The van der Waals surface area contributed by atoms with E-state index in [1.807, 2.05) is 0 Å². The van der Waals surface area contributed by atoms with Crippen molar-refractivity contribution in [2.75, 3.05) is 6.54 Å². The average Bonchev–Trinajstić information content (AvgIpc) is 2.52. The summed E-state index contributed by atoms with van der Waals surface area (Å²) in [6, 6.07) is 9.13. The molecule has 2 rings (SSSR count). The smallest absolute Gasteiger partial charge is 0.0323 e. The van der Waals surface area contributed by atoms with Crippen molar-refractivity contribution < 1.29 is 0 Å². The highest BCUT2D eigenvalue weighted by Gasteiger charge is 2.21. The van der Waals surface area contributed by atoms with Crippen molar-refractivity contribution in [2.24, 2.45) is 5.92 Å². The van der Waals surface area contributed by atoms with Crippen LogP contribution < -0.4 is 5.32 Å². The van der Waals surface area contributed by atoms with Crippen molar-refractivity contribution in [1.82, 2.24) is 5.32 Å². The first-order valence-corrected chi connectivity index (χ1v) is 5.54. The van der Waals surface area contributed by atoms with Gasteiger partial charge in [0.15, 0.2) is 0 Å². The van der Waals surface area contributed by atoms with Crippen LogP contribution in [-0.2, 0) is 0 Å². The summed E-state index contributed by atoms with van der Waals surface area (Å²) in [7, 11) is 0. The van der Waals surface area contributed by atoms with E-state index in [-0.39, 0.29) is 0 Å². The molecule has 0 unspecified atom stereocenters. The molecule has 0 bridgehead atoms. The van der Waals surface area contributed by atoms with Gasteiger partial charge in [-0.3, -0.25) is 0 Å². The molecule has 1 nitrogen and oxygen atoms in total. The van der Waals surface area contributed by atoms with Crippen LogP contribution in [0.3, 0.4) is 0 Å². The summed E-state index contributed by atoms with van der Waals surface area (Å²) in [5.74, 6) is 0.809. The van der Waals surface area contributed by atoms with Gasteiger partial charge in [-0.05, 0) is 36.6 Å². The Labute approximate surface area is 87.7 Å². The minimum atomic E-state index is 0.562. The molecule has 1 N–H and O–H groups in total. The number of hydrogen-bond acceptors (Lipinski definition) is 1. The Kier molecular flexibility index (Phi) is 2.70. The summed E-state index contributed by atoms with van der Waals surface area (Å²) >= 11 is 3.50. The Balaban J connectivity index is 2.16. The number of halogens is 1. The molecule has 70 valence electrons. The third-order valence-corrected chi connectivity index (χ3v) is 3.10. The number of hydrogen-bond donors (Lipinski definition) is 1. The second kappa shape index (κ2) is 3.81. The predicted molar refractivity (Wildman–Crippen MR) is 58.7 cm³/mol. The van der Waals surface area contributed by atoms with Crippen LogP contribution in [0.1, 0.15) is 24.9 Å². The zero-order valence-electron chi connectivity index (χ0n) is 7.76. The molecule has 0 aromatic heterocycles. The van der Waals surface area contributed by atoms with E-state index in [1.165, 1.54) is 16.5 Å². The second-order valence-corrected chi connectivity index (χ2v) is 4.77. The summed E-state index contributed by atoms with van der Waals surface area (Å²) in [5, 5.41) is 3.53. The lowest BCUT2D eigenvalue weighted by molar-refractivity contribution is 0.611. The third kappa shape index (κ3) is 2.12. The molecule has 13 heavy (non-hydrogen) atoms. The van der Waals surface area contributed by atoms with Gasteiger partial charge in [-0.2, -0.15) is 0 Å². The first kappa shape index (κ1) is 9.22. The van der Waals surface area contributed by atoms with E-state index in [2.05, 4.69) is 52.4 Å². The highest BCUT2D eigenvalue weighted by Crippen LogP contribution is 2.27. The predicted octanol–water partition coefficient (Wildman–Crippen LogP) is 3.12. The van der Waals surface area contributed by atoms with E-state index in [0.29, 0.717) is 6.04 Å². The van der Waals surface area contributed by atoms with Gasteiger partial charge in [0.05, 0.1) is 0 Å². The van der Waals surface area contributed by atoms with Crippen LogP contribution in [0.2, 0.25) is 0 Å². The van der Waals surface area contributed by atoms with Crippen molar-refractivity contribution in [2.45, 2.75) is 19.4 Å². The van der Waals surface area contributed by atoms with E-state index >= 15 is 0 Å². The molecule has 1 heterocycles. The Hall–Kier alpha value is -0.340. The molecule has 1 aromatic rings. The monoisotopic (exact) mass is 239 g/mol. The van der Waals surface area contributed by atoms with Crippen LogP contribution in [0.15, 0.2) is 28.7 Å². The normalized spacial score (nSPS) is 27.8. The molecule has 1 aromatic carbocycles. The number of nitrogens with one attached hydrogen (secondary N) is 1. The molecule has 1 aliphatic rings. The third-order valence-electron chi connectivity index (χ3n) is 2.60. The van der Waals surface area contributed by atoms with Crippen LogP contribution in [0, 0.1) is 5.92 Å². The van der Waals surface area contributed by atoms with E-state index in [1.54, 1.807) is 0 Å². The van der Waals surface area contributed by atoms with Gasteiger partial charge in [0, 0.05) is 10.5 Å². The topological polar surface area (TPSA) is 12.0 Å². The molecule has 1 saturated heterocycles. The molecular formula is C11H14BrN. The van der Waals surface area contributed by atoms with Gasteiger partial charge in [-0.1, -0.05) is 35.0 Å². The Morgan fingerprint density at radius 2 is 2.31 bits per heavy atom. The van der Waals surface area contributed by atoms with Crippen molar-refractivity contribution in [1.29, 1.82) is 0 Å². The van der Waals surface area contributed by atoms with Crippen LogP contribution in [0.25, 0.3) is 0 Å². The first-order chi connectivity index (χ1) is 6.25. The summed E-state index contributed by atoms with van der Waals surface area (Å²) in [6.45, 7) is 3.45. The molecule has 2 heteroatoms. The van der Waals surface area contributed by atoms with Crippen molar-refractivity contribution in [3.8, 4) is 0 Å². The summed E-state index contributed by atoms with van der Waals surface area (Å²) < 4.78 is 1.17. The van der Waals surface area contributed by atoms with Crippen LogP contribution >= 0.6 is 15.9 Å². The zero-order valence-corrected chi connectivity index (χ0v) is 9.34. The van der Waals surface area contributed by atoms with Gasteiger partial charge >= 0.3 is 0 Å². The summed E-state index contributed by atoms with van der Waals surface area (Å²) in [6.07, 6.45) is 1.26. The Morgan fingerprint density at radius 1 is 1.46 bits per heavy atom. The van der Waals surface area contributed by atoms with Gasteiger partial charge < -0.3 is 5.32 Å². The Bertz CT molecular complexity index is 298. The fourth-order valence-corrected chi connectivity index (χ4v) is 2.31. The van der Waals surface area contributed by atoms with Gasteiger partial charge in [-0.25, -0.2) is 0 Å². The maximum Gasteiger partial charge on any atom is 0.0323 e. The van der Waals surface area contributed by atoms with E-state index in [9.17, 15) is 0 Å². The first-order valence-electron chi connectivity index (χ1n) is 4.74. The number of rotatable bonds is 1. The molecule has 0 spiro atoms. The van der Waals surface area contributed by atoms with Gasteiger partial charge in [-0.15, -0.1) is 0 Å². The van der Waals surface area contributed by atoms with Crippen LogP contribution in [0.5, 0.6) is 0 Å². The minimum Gasteiger partial charge on any atom is -0.310 e. The lowest BCUT2D eigenvalue weighted by atomic mass is 10.0. The lowest BCUT2D eigenvalue weighted by Crippen LogP contribution is -2.13. The molecular weight excluding hydrogens is 226 g/mol. The molecule has 1 aliphatic heterocycles. The summed E-state index contributed by atoms with van der Waals surface area (Å²) in [5.41, 5.74) is 1.40. The fourth-order valence-electron chi connectivity index (χ4n) is 1.89. The van der Waals surface area contributed by atoms with Gasteiger partial charge in [0.25, 0.3) is 0 Å². The van der Waals surface area contributed by atoms with Crippen LogP contribution in [0.4, 0.5) is 0 Å². The minimum absolute atomic E-state index is 0.562. The molecule has 0 aliphatic carbocycles. The maximum absolute atomic E-state index is 3.53. The average molecular weight is 240 g/mol. The van der Waals surface area contributed by atoms with Crippen LogP contribution in [-0.4, -0.2) is 6.54 Å². The lowest BCUT2D eigenvalue weighted by Gasteiger charge is -2.10. The number of benzene rings is 1. The largest absolute Gasteiger partial charge is 0.310 e. The molecule has 0 amide bonds. The summed E-state index contributed by atoms with van der Waals surface area (Å²) in [4.78, 5) is 0. The fraction of sp³-hybridized carbons (Fsp3) is 0.455. The van der Waals surface area contributed by atoms with Gasteiger partial charge in [0.2, 0.25) is 0 Å². The second-order valence-electron chi connectivity index (χ2n) is 3.86. The van der Waals surface area contributed by atoms with E-state index < -0.39 is 0 Å². The molecule has 0 saturated carbocycles. The van der Waals surface area contributed by atoms with Crippen molar-refractivity contribution >= 4 is 15.9 Å². The SMILES string of the molecule is C[C@@H]1CN[C@H](c2cccc(Br)c2)C1. The maximum atomic E-state index is 3.53. The molecule has 0 radical (unpaired) electrons. The Morgan fingerprint density at radius 3 is 2.92 bits per heavy atom. The van der Waals surface area contributed by atoms with Crippen molar-refractivity contribution in [3.63, 3.8) is 0 Å². The van der Waals surface area contributed by atoms with Gasteiger partial charge in [0.1, 0.15) is 0 Å².